The van der Waals surface area contributed by atoms with Gasteiger partial charge in [-0.2, -0.15) is 16.1 Å². The lowest BCUT2D eigenvalue weighted by Crippen LogP contribution is -2.37. The molecule has 0 bridgehead atoms. The molecule has 1 aromatic heterocycles. The summed E-state index contributed by atoms with van der Waals surface area (Å²) in [4.78, 5) is 17.3. The van der Waals surface area contributed by atoms with Gasteiger partial charge >= 0.3 is 0 Å². The van der Waals surface area contributed by atoms with Crippen LogP contribution in [0.15, 0.2) is 17.2 Å². The van der Waals surface area contributed by atoms with E-state index >= 15 is 0 Å². The van der Waals surface area contributed by atoms with E-state index in [1.807, 2.05) is 13.8 Å². The van der Waals surface area contributed by atoms with E-state index in [0.717, 1.165) is 24.3 Å². The Balaban J connectivity index is 2.17. The maximum atomic E-state index is 12.6. The van der Waals surface area contributed by atoms with Crippen LogP contribution in [-0.2, 0) is 10.0 Å². The lowest BCUT2D eigenvalue weighted by Gasteiger charge is -2.25. The van der Waals surface area contributed by atoms with Gasteiger partial charge in [0.2, 0.25) is 10.0 Å². The molecule has 8 heteroatoms. The van der Waals surface area contributed by atoms with Crippen LogP contribution in [0.3, 0.4) is 0 Å². The van der Waals surface area contributed by atoms with Crippen molar-refractivity contribution in [1.82, 2.24) is 14.2 Å². The molecule has 0 saturated carbocycles. The van der Waals surface area contributed by atoms with Gasteiger partial charge in [0.25, 0.3) is 5.91 Å². The second-order valence-electron chi connectivity index (χ2n) is 5.56. The van der Waals surface area contributed by atoms with Gasteiger partial charge in [0.15, 0.2) is 0 Å². The summed E-state index contributed by atoms with van der Waals surface area (Å²) in [6, 6.07) is 1.47. The topological polar surface area (TPSA) is 73.5 Å². The summed E-state index contributed by atoms with van der Waals surface area (Å²) in [6.07, 6.45) is 3.19. The number of aromatic nitrogens is 1. The molecule has 1 aromatic rings. The monoisotopic (exact) mass is 359 g/mol. The summed E-state index contributed by atoms with van der Waals surface area (Å²) in [6.45, 7) is 6.45. The lowest BCUT2D eigenvalue weighted by molar-refractivity contribution is 0.0750. The maximum absolute atomic E-state index is 12.6. The Kier molecular flexibility index (Phi) is 6.55. The average molecular weight is 360 g/mol. The highest BCUT2D eigenvalue weighted by Crippen LogP contribution is 2.21. The van der Waals surface area contributed by atoms with Crippen molar-refractivity contribution in [2.24, 2.45) is 0 Å². The number of thioether (sulfide) groups is 1. The molecule has 0 aliphatic carbocycles. The first kappa shape index (κ1) is 18.4. The van der Waals surface area contributed by atoms with E-state index < -0.39 is 10.0 Å². The van der Waals surface area contributed by atoms with Crippen molar-refractivity contribution in [3.8, 4) is 0 Å². The molecule has 6 nitrogen and oxygen atoms in total. The molecular weight excluding hydrogens is 334 g/mol. The third-order valence-electron chi connectivity index (χ3n) is 3.77. The quantitative estimate of drug-likeness (QED) is 0.808. The van der Waals surface area contributed by atoms with E-state index in [1.165, 1.54) is 16.6 Å². The van der Waals surface area contributed by atoms with Gasteiger partial charge in [0.05, 0.1) is 0 Å². The fraction of sp³-hybridized carbons (Fsp3) is 0.667. The Bertz CT molecular complexity index is 616. The van der Waals surface area contributed by atoms with Gasteiger partial charge in [-0.05, 0) is 18.9 Å². The smallest absolute Gasteiger partial charge is 0.270 e. The summed E-state index contributed by atoms with van der Waals surface area (Å²) >= 11 is 1.76. The molecule has 0 spiro atoms. The van der Waals surface area contributed by atoms with Gasteiger partial charge in [0.1, 0.15) is 10.6 Å². The van der Waals surface area contributed by atoms with E-state index in [4.69, 9.17) is 0 Å². The number of amides is 1. The highest BCUT2D eigenvalue weighted by atomic mass is 32.2. The zero-order chi connectivity index (χ0) is 16.9. The van der Waals surface area contributed by atoms with E-state index in [-0.39, 0.29) is 10.8 Å². The first-order valence-corrected chi connectivity index (χ1v) is 10.7. The molecule has 1 fully saturated rings. The van der Waals surface area contributed by atoms with Crippen molar-refractivity contribution in [3.05, 3.63) is 18.0 Å². The van der Waals surface area contributed by atoms with Gasteiger partial charge in [0, 0.05) is 43.9 Å². The lowest BCUT2D eigenvalue weighted by atomic mass is 10.3. The summed E-state index contributed by atoms with van der Waals surface area (Å²) in [5.74, 6) is 1.50. The molecule has 1 amide bonds. The molecule has 2 rings (SSSR count). The number of rotatable bonds is 7. The van der Waals surface area contributed by atoms with Crippen LogP contribution in [0.5, 0.6) is 0 Å². The third-order valence-corrected chi connectivity index (χ3v) is 6.59. The Hall–Kier alpha value is -0.990. The van der Waals surface area contributed by atoms with Gasteiger partial charge in [-0.15, -0.1) is 0 Å². The molecule has 0 atom stereocenters. The zero-order valence-electron chi connectivity index (χ0n) is 13.7. The first-order valence-electron chi connectivity index (χ1n) is 8.06. The standard InChI is InChI=1S/C15H25N3O3S2/c1-3-5-17(6-4-2)15(19)14-11-13(12-16-14)23(20,21)18-7-9-22-10-8-18/h11-12,16H,3-10H2,1-2H3. The molecule has 0 unspecified atom stereocenters. The highest BCUT2D eigenvalue weighted by molar-refractivity contribution is 7.99. The SMILES string of the molecule is CCCN(CCC)C(=O)c1cc(S(=O)(=O)N2CCSCC2)c[nH]1. The summed E-state index contributed by atoms with van der Waals surface area (Å²) in [7, 11) is -3.51. The van der Waals surface area contributed by atoms with Gasteiger partial charge < -0.3 is 9.88 Å². The average Bonchev–Trinajstić information content (AvgIpc) is 3.05. The van der Waals surface area contributed by atoms with Crippen LogP contribution in [0.2, 0.25) is 0 Å². The third kappa shape index (κ3) is 4.30. The minimum atomic E-state index is -3.51. The fourth-order valence-electron chi connectivity index (χ4n) is 2.61. The maximum Gasteiger partial charge on any atom is 0.270 e. The molecule has 1 aliphatic heterocycles. The van der Waals surface area contributed by atoms with Crippen LogP contribution in [0, 0.1) is 0 Å². The molecule has 2 heterocycles. The van der Waals surface area contributed by atoms with Crippen molar-refractivity contribution in [3.63, 3.8) is 0 Å². The van der Waals surface area contributed by atoms with Crippen LogP contribution >= 0.6 is 11.8 Å². The largest absolute Gasteiger partial charge is 0.356 e. The minimum absolute atomic E-state index is 0.135. The second-order valence-corrected chi connectivity index (χ2v) is 8.72. The van der Waals surface area contributed by atoms with Crippen molar-refractivity contribution < 1.29 is 13.2 Å². The van der Waals surface area contributed by atoms with Gasteiger partial charge in [-0.25, -0.2) is 8.42 Å². The normalized spacial score (nSPS) is 16.4. The van der Waals surface area contributed by atoms with Gasteiger partial charge in [-0.1, -0.05) is 13.8 Å². The van der Waals surface area contributed by atoms with Crippen molar-refractivity contribution in [1.29, 1.82) is 0 Å². The Labute approximate surface area is 142 Å². The van der Waals surface area contributed by atoms with Crippen LogP contribution < -0.4 is 0 Å². The number of carbonyl (C=O) groups excluding carboxylic acids is 1. The number of aromatic amines is 1. The molecule has 1 aliphatic rings. The zero-order valence-corrected chi connectivity index (χ0v) is 15.4. The van der Waals surface area contributed by atoms with Crippen LogP contribution in [0.25, 0.3) is 0 Å². The van der Waals surface area contributed by atoms with E-state index in [0.29, 0.717) is 31.9 Å². The van der Waals surface area contributed by atoms with E-state index in [2.05, 4.69) is 4.98 Å². The van der Waals surface area contributed by atoms with Crippen molar-refractivity contribution in [2.75, 3.05) is 37.7 Å². The molecule has 130 valence electrons. The number of H-pyrrole nitrogens is 1. The van der Waals surface area contributed by atoms with Crippen LogP contribution in [0.4, 0.5) is 0 Å². The van der Waals surface area contributed by atoms with Gasteiger partial charge in [-0.3, -0.25) is 4.79 Å². The molecule has 1 saturated heterocycles. The predicted octanol–water partition coefficient (Wildman–Crippen LogP) is 2.01. The minimum Gasteiger partial charge on any atom is -0.356 e. The highest BCUT2D eigenvalue weighted by Gasteiger charge is 2.28. The number of nitrogens with zero attached hydrogens (tertiary/aromatic N) is 2. The van der Waals surface area contributed by atoms with E-state index in [1.54, 1.807) is 16.7 Å². The molecule has 0 aromatic carbocycles. The summed E-state index contributed by atoms with van der Waals surface area (Å²) < 4.78 is 26.7. The summed E-state index contributed by atoms with van der Waals surface area (Å²) in [5, 5.41) is 0. The fourth-order valence-corrected chi connectivity index (χ4v) is 5.18. The van der Waals surface area contributed by atoms with Crippen molar-refractivity contribution in [2.45, 2.75) is 31.6 Å². The number of sulfonamides is 1. The predicted molar refractivity (Wildman–Crippen MR) is 93.4 cm³/mol. The van der Waals surface area contributed by atoms with Crippen LogP contribution in [0.1, 0.15) is 37.2 Å². The number of hydrogen-bond acceptors (Lipinski definition) is 4. The molecule has 0 radical (unpaired) electrons. The molecule has 1 N–H and O–H groups in total. The van der Waals surface area contributed by atoms with Crippen LogP contribution in [-0.4, -0.2) is 66.2 Å². The molecule has 23 heavy (non-hydrogen) atoms. The Morgan fingerprint density at radius 1 is 1.26 bits per heavy atom. The number of carbonyl (C=O) groups is 1. The van der Waals surface area contributed by atoms with Crippen molar-refractivity contribution >= 4 is 27.7 Å². The number of hydrogen-bond donors (Lipinski definition) is 1. The second kappa shape index (κ2) is 8.21. The van der Waals surface area contributed by atoms with E-state index in [9.17, 15) is 13.2 Å². The summed E-state index contributed by atoms with van der Waals surface area (Å²) in [5.41, 5.74) is 0.344. The number of nitrogens with one attached hydrogen (secondary N) is 1. The Morgan fingerprint density at radius 2 is 1.87 bits per heavy atom. The Morgan fingerprint density at radius 3 is 2.43 bits per heavy atom. The first-order chi connectivity index (χ1) is 11.0. The molecular formula is C15H25N3O3S2.